The van der Waals surface area contributed by atoms with Crippen LogP contribution in [0.5, 0.6) is 11.5 Å². The van der Waals surface area contributed by atoms with Crippen LogP contribution >= 0.6 is 27.7 Å². The van der Waals surface area contributed by atoms with Crippen molar-refractivity contribution in [2.75, 3.05) is 20.0 Å². The second kappa shape index (κ2) is 10.3. The fourth-order valence-electron chi connectivity index (χ4n) is 1.43. The molecular formula is C17H19BrO3S. The topological polar surface area (TPSA) is 35.5 Å². The Morgan fingerprint density at radius 1 is 0.955 bits per heavy atom. The predicted molar refractivity (Wildman–Crippen MR) is 95.1 cm³/mol. The van der Waals surface area contributed by atoms with Crippen molar-refractivity contribution in [2.24, 2.45) is 0 Å². The number of carbonyl (C=O) groups excluding carboxylic acids is 1. The zero-order valence-electron chi connectivity index (χ0n) is 12.8. The molecule has 0 spiro atoms. The SMILES string of the molecule is COc1ccc(Br)cc1.COc1ccc(SCC(C)=O)cc1. The van der Waals surface area contributed by atoms with Gasteiger partial charge >= 0.3 is 0 Å². The Morgan fingerprint density at radius 3 is 1.82 bits per heavy atom. The number of benzene rings is 2. The van der Waals surface area contributed by atoms with Crippen molar-refractivity contribution in [1.29, 1.82) is 0 Å². The standard InChI is InChI=1S/C10H12O2S.C7H7BrO/c1-8(11)7-13-10-5-3-9(12-2)4-6-10;1-9-7-4-2-6(8)3-5-7/h3-6H,7H2,1-2H3;2-5H,1H3. The summed E-state index contributed by atoms with van der Waals surface area (Å²) in [6, 6.07) is 15.4. The van der Waals surface area contributed by atoms with Gasteiger partial charge in [0.15, 0.2) is 0 Å². The minimum absolute atomic E-state index is 0.195. The van der Waals surface area contributed by atoms with E-state index in [-0.39, 0.29) is 5.78 Å². The highest BCUT2D eigenvalue weighted by Crippen LogP contribution is 2.20. The number of thioether (sulfide) groups is 1. The second-order valence-electron chi connectivity index (χ2n) is 4.32. The Labute approximate surface area is 144 Å². The lowest BCUT2D eigenvalue weighted by Gasteiger charge is -2.01. The van der Waals surface area contributed by atoms with Gasteiger partial charge in [0.2, 0.25) is 0 Å². The molecule has 0 aliphatic rings. The first-order chi connectivity index (χ1) is 10.5. The number of hydrogen-bond acceptors (Lipinski definition) is 4. The lowest BCUT2D eigenvalue weighted by atomic mass is 10.3. The summed E-state index contributed by atoms with van der Waals surface area (Å²) in [5.74, 6) is 2.46. The van der Waals surface area contributed by atoms with Gasteiger partial charge < -0.3 is 9.47 Å². The molecule has 0 saturated heterocycles. The van der Waals surface area contributed by atoms with Gasteiger partial charge in [-0.25, -0.2) is 0 Å². The summed E-state index contributed by atoms with van der Waals surface area (Å²) < 4.78 is 11.0. The normalized spacial score (nSPS) is 9.45. The highest BCUT2D eigenvalue weighted by Gasteiger charge is 1.97. The van der Waals surface area contributed by atoms with Crippen LogP contribution in [0.4, 0.5) is 0 Å². The Kier molecular flexibility index (Phi) is 8.70. The average Bonchev–Trinajstić information content (AvgIpc) is 2.55. The smallest absolute Gasteiger partial charge is 0.140 e. The van der Waals surface area contributed by atoms with E-state index in [9.17, 15) is 4.79 Å². The number of ketones is 1. The fraction of sp³-hybridized carbons (Fsp3) is 0.235. The molecule has 118 valence electrons. The van der Waals surface area contributed by atoms with Crippen LogP contribution in [0.15, 0.2) is 57.9 Å². The van der Waals surface area contributed by atoms with Crippen molar-refractivity contribution in [3.8, 4) is 11.5 Å². The van der Waals surface area contributed by atoms with Crippen LogP contribution in [0, 0.1) is 0 Å². The van der Waals surface area contributed by atoms with Gasteiger partial charge in [-0.2, -0.15) is 0 Å². The maximum atomic E-state index is 10.7. The van der Waals surface area contributed by atoms with Crippen molar-refractivity contribution in [3.63, 3.8) is 0 Å². The molecule has 0 bridgehead atoms. The summed E-state index contributed by atoms with van der Waals surface area (Å²) in [7, 11) is 3.29. The summed E-state index contributed by atoms with van der Waals surface area (Å²) in [6.07, 6.45) is 0. The van der Waals surface area contributed by atoms with E-state index in [0.29, 0.717) is 5.75 Å². The van der Waals surface area contributed by atoms with E-state index in [2.05, 4.69) is 15.9 Å². The minimum Gasteiger partial charge on any atom is -0.497 e. The quantitative estimate of drug-likeness (QED) is 0.693. The van der Waals surface area contributed by atoms with Gasteiger partial charge in [0.25, 0.3) is 0 Å². The molecular weight excluding hydrogens is 364 g/mol. The van der Waals surface area contributed by atoms with Crippen molar-refractivity contribution < 1.29 is 14.3 Å². The lowest BCUT2D eigenvalue weighted by molar-refractivity contribution is -0.114. The first kappa shape index (κ1) is 18.6. The number of rotatable bonds is 5. The summed E-state index contributed by atoms with van der Waals surface area (Å²) in [5, 5.41) is 0. The molecule has 5 heteroatoms. The monoisotopic (exact) mass is 382 g/mol. The molecule has 0 aliphatic carbocycles. The molecule has 0 radical (unpaired) electrons. The third-order valence-electron chi connectivity index (χ3n) is 2.55. The van der Waals surface area contributed by atoms with E-state index in [0.717, 1.165) is 20.9 Å². The molecule has 0 aliphatic heterocycles. The zero-order chi connectivity index (χ0) is 16.4. The van der Waals surface area contributed by atoms with E-state index < -0.39 is 0 Å². The number of carbonyl (C=O) groups is 1. The van der Waals surface area contributed by atoms with E-state index in [4.69, 9.17) is 9.47 Å². The van der Waals surface area contributed by atoms with Gasteiger partial charge in [-0.05, 0) is 55.5 Å². The third-order valence-corrected chi connectivity index (χ3v) is 4.24. The summed E-state index contributed by atoms with van der Waals surface area (Å²) >= 11 is 4.86. The maximum Gasteiger partial charge on any atom is 0.140 e. The van der Waals surface area contributed by atoms with Crippen LogP contribution in [-0.4, -0.2) is 25.8 Å². The van der Waals surface area contributed by atoms with Crippen molar-refractivity contribution >= 4 is 33.5 Å². The Morgan fingerprint density at radius 2 is 1.41 bits per heavy atom. The molecule has 2 aromatic carbocycles. The molecule has 0 atom stereocenters. The number of methoxy groups -OCH3 is 2. The van der Waals surface area contributed by atoms with E-state index in [1.807, 2.05) is 48.5 Å². The minimum atomic E-state index is 0.195. The van der Waals surface area contributed by atoms with Gasteiger partial charge in [0, 0.05) is 9.37 Å². The predicted octanol–water partition coefficient (Wildman–Crippen LogP) is 4.83. The molecule has 2 rings (SSSR count). The number of ether oxygens (including phenoxy) is 2. The molecule has 0 saturated carbocycles. The second-order valence-corrected chi connectivity index (χ2v) is 6.29. The fourth-order valence-corrected chi connectivity index (χ4v) is 2.39. The summed E-state index contributed by atoms with van der Waals surface area (Å²) in [4.78, 5) is 11.8. The van der Waals surface area contributed by atoms with Crippen LogP contribution in [0.1, 0.15) is 6.92 Å². The van der Waals surface area contributed by atoms with Crippen LogP contribution < -0.4 is 9.47 Å². The molecule has 3 nitrogen and oxygen atoms in total. The van der Waals surface area contributed by atoms with Gasteiger partial charge in [0.05, 0.1) is 20.0 Å². The zero-order valence-corrected chi connectivity index (χ0v) is 15.2. The molecule has 0 aromatic heterocycles. The Balaban J connectivity index is 0.000000235. The number of hydrogen-bond donors (Lipinski definition) is 0. The van der Waals surface area contributed by atoms with Gasteiger partial charge in [-0.1, -0.05) is 15.9 Å². The first-order valence-corrected chi connectivity index (χ1v) is 8.39. The molecule has 0 N–H and O–H groups in total. The largest absolute Gasteiger partial charge is 0.497 e. The first-order valence-electron chi connectivity index (χ1n) is 6.61. The molecule has 0 amide bonds. The molecule has 0 unspecified atom stereocenters. The maximum absolute atomic E-state index is 10.7. The highest BCUT2D eigenvalue weighted by molar-refractivity contribution is 9.10. The van der Waals surface area contributed by atoms with E-state index >= 15 is 0 Å². The van der Waals surface area contributed by atoms with Crippen LogP contribution in [0.3, 0.4) is 0 Å². The van der Waals surface area contributed by atoms with Gasteiger partial charge in [0.1, 0.15) is 17.3 Å². The molecule has 0 heterocycles. The molecule has 0 fully saturated rings. The van der Waals surface area contributed by atoms with E-state index in [1.165, 1.54) is 0 Å². The summed E-state index contributed by atoms with van der Waals surface area (Å²) in [6.45, 7) is 1.59. The van der Waals surface area contributed by atoms with Crippen LogP contribution in [0.25, 0.3) is 0 Å². The van der Waals surface area contributed by atoms with Crippen LogP contribution in [0.2, 0.25) is 0 Å². The van der Waals surface area contributed by atoms with Crippen LogP contribution in [-0.2, 0) is 4.79 Å². The van der Waals surface area contributed by atoms with Crippen molar-refractivity contribution in [3.05, 3.63) is 53.0 Å². The van der Waals surface area contributed by atoms with Crippen molar-refractivity contribution in [1.82, 2.24) is 0 Å². The third kappa shape index (κ3) is 7.52. The van der Waals surface area contributed by atoms with Gasteiger partial charge in [-0.15, -0.1) is 11.8 Å². The Bertz CT molecular complexity index is 567. The van der Waals surface area contributed by atoms with E-state index in [1.54, 1.807) is 32.9 Å². The summed E-state index contributed by atoms with van der Waals surface area (Å²) in [5.41, 5.74) is 0. The van der Waals surface area contributed by atoms with Gasteiger partial charge in [-0.3, -0.25) is 4.79 Å². The lowest BCUT2D eigenvalue weighted by Crippen LogP contribution is -1.92. The average molecular weight is 383 g/mol. The number of halogens is 1. The highest BCUT2D eigenvalue weighted by atomic mass is 79.9. The Hall–Kier alpha value is -1.46. The molecule has 2 aromatic rings. The van der Waals surface area contributed by atoms with Crippen molar-refractivity contribution in [2.45, 2.75) is 11.8 Å². The number of Topliss-reactive ketones (excluding diaryl/α,β-unsaturated/α-hetero) is 1. The molecule has 22 heavy (non-hydrogen) atoms.